The molecule has 56 heavy (non-hydrogen) atoms. The summed E-state index contributed by atoms with van der Waals surface area (Å²) in [5.41, 5.74) is 8.97. The molecule has 0 aliphatic rings. The zero-order chi connectivity index (χ0) is 42.0. The van der Waals surface area contributed by atoms with E-state index in [-0.39, 0.29) is 0 Å². The maximum absolute atomic E-state index is 4.45. The van der Waals surface area contributed by atoms with Crippen LogP contribution in [0.4, 0.5) is 0 Å². The lowest BCUT2D eigenvalue weighted by Crippen LogP contribution is -1.86. The van der Waals surface area contributed by atoms with E-state index in [0.717, 1.165) is 38.2 Å². The fourth-order valence-corrected chi connectivity index (χ4v) is 5.86. The number of hydrogen-bond acceptors (Lipinski definition) is 4. The van der Waals surface area contributed by atoms with Crippen molar-refractivity contribution in [1.82, 2.24) is 24.5 Å². The van der Waals surface area contributed by atoms with Gasteiger partial charge in [-0.15, -0.1) is 0 Å². The van der Waals surface area contributed by atoms with Crippen LogP contribution >= 0.6 is 0 Å². The molecule has 9 rings (SSSR count). The number of pyridine rings is 4. The molecule has 5 aromatic heterocycles. The van der Waals surface area contributed by atoms with Crippen molar-refractivity contribution in [3.63, 3.8) is 0 Å². The Hall–Kier alpha value is -5.68. The van der Waals surface area contributed by atoms with Gasteiger partial charge in [0.05, 0.1) is 22.1 Å². The van der Waals surface area contributed by atoms with E-state index >= 15 is 0 Å². The van der Waals surface area contributed by atoms with Gasteiger partial charge in [-0.25, -0.2) is 0 Å². The van der Waals surface area contributed by atoms with Crippen LogP contribution in [0.2, 0.25) is 0 Å². The Labute approximate surface area is 337 Å². The number of fused-ring (bicyclic) bond motifs is 9. The summed E-state index contributed by atoms with van der Waals surface area (Å²) in [6.07, 6.45) is 7.34. The van der Waals surface area contributed by atoms with Gasteiger partial charge in [-0.05, 0) is 61.4 Å². The Morgan fingerprint density at radius 3 is 1.34 bits per heavy atom. The highest BCUT2D eigenvalue weighted by Crippen LogP contribution is 2.27. The van der Waals surface area contributed by atoms with Gasteiger partial charge in [0.15, 0.2) is 0 Å². The number of hydrogen-bond donors (Lipinski definition) is 0. The molecule has 0 saturated carbocycles. The molecule has 0 radical (unpaired) electrons. The van der Waals surface area contributed by atoms with E-state index < -0.39 is 0 Å². The van der Waals surface area contributed by atoms with Crippen LogP contribution < -0.4 is 0 Å². The van der Waals surface area contributed by atoms with Gasteiger partial charge < -0.3 is 4.57 Å². The quantitative estimate of drug-likeness (QED) is 0.145. The molecular weight excluding hydrogens is 683 g/mol. The van der Waals surface area contributed by atoms with Gasteiger partial charge in [-0.2, -0.15) is 0 Å². The molecule has 0 spiro atoms. The molecule has 9 aromatic rings. The summed E-state index contributed by atoms with van der Waals surface area (Å²) in [5.74, 6) is 0. The summed E-state index contributed by atoms with van der Waals surface area (Å²) >= 11 is 0. The molecule has 0 fully saturated rings. The molecule has 0 atom stereocenters. The van der Waals surface area contributed by atoms with Crippen molar-refractivity contribution >= 4 is 65.4 Å². The Kier molecular flexibility index (Phi) is 23.3. The number of para-hydroxylation sites is 2. The predicted octanol–water partition coefficient (Wildman–Crippen LogP) is 15.7. The van der Waals surface area contributed by atoms with E-state index in [1.54, 1.807) is 0 Å². The standard InChI is InChI=1S/2C13H10N2.C13H11N.6C2H6/c1-9-6-8-15-13-11(9)5-4-10-3-2-7-14-12(10)13;1-9-7-11-5-4-10-3-2-6-14-12(10)13(11)15-8-9;1-14-12-8-4-2-6-10(12)11-7-3-5-9-13(11)14;6*1-2/h2*2-8H,1H3;2-9H,1H3;6*1-2H3. The average molecular weight is 750 g/mol. The molecule has 0 bridgehead atoms. The zero-order valence-corrected chi connectivity index (χ0v) is 36.9. The van der Waals surface area contributed by atoms with Crippen LogP contribution in [0.3, 0.4) is 0 Å². The van der Waals surface area contributed by atoms with E-state index in [2.05, 4.69) is 136 Å². The lowest BCUT2D eigenvalue weighted by atomic mass is 10.1. The van der Waals surface area contributed by atoms with Gasteiger partial charge >= 0.3 is 0 Å². The maximum atomic E-state index is 4.45. The van der Waals surface area contributed by atoms with Gasteiger partial charge in [-0.3, -0.25) is 19.9 Å². The highest BCUT2D eigenvalue weighted by Gasteiger charge is 2.06. The molecule has 0 unspecified atom stereocenters. The predicted molar refractivity (Wildman–Crippen MR) is 252 cm³/mol. The molecule has 5 heteroatoms. The molecule has 0 N–H and O–H groups in total. The first-order valence-electron chi connectivity index (χ1n) is 20.7. The molecule has 4 aromatic carbocycles. The number of aryl methyl sites for hydroxylation is 3. The van der Waals surface area contributed by atoms with Crippen LogP contribution in [-0.2, 0) is 7.05 Å². The van der Waals surface area contributed by atoms with E-state index in [1.165, 1.54) is 38.3 Å². The number of nitrogens with zero attached hydrogens (tertiary/aromatic N) is 5. The van der Waals surface area contributed by atoms with Crippen LogP contribution in [0.5, 0.6) is 0 Å². The molecule has 0 aliphatic heterocycles. The van der Waals surface area contributed by atoms with Crippen molar-refractivity contribution in [2.24, 2.45) is 7.05 Å². The third kappa shape index (κ3) is 11.9. The van der Waals surface area contributed by atoms with E-state index in [9.17, 15) is 0 Å². The SMILES string of the molecule is CC.CC.CC.CC.CC.CC.Cc1ccnc2c1ccc1cccnc12.Cc1cnc2c(ccc3cccnc32)c1.Cn1c2ccccc2c2ccccc21. The molecule has 296 valence electrons. The summed E-state index contributed by atoms with van der Waals surface area (Å²) < 4.78 is 2.24. The first-order chi connectivity index (χ1) is 27.6. The highest BCUT2D eigenvalue weighted by atomic mass is 14.9. The summed E-state index contributed by atoms with van der Waals surface area (Å²) in [5, 5.41) is 7.30. The smallest absolute Gasteiger partial charge is 0.0967 e. The van der Waals surface area contributed by atoms with E-state index in [0.29, 0.717) is 0 Å². The topological polar surface area (TPSA) is 56.5 Å². The van der Waals surface area contributed by atoms with Gasteiger partial charge in [-0.1, -0.05) is 156 Å². The van der Waals surface area contributed by atoms with Gasteiger partial charge in [0, 0.05) is 75.2 Å². The maximum Gasteiger partial charge on any atom is 0.0967 e. The van der Waals surface area contributed by atoms with Crippen molar-refractivity contribution in [2.75, 3.05) is 0 Å². The van der Waals surface area contributed by atoms with Gasteiger partial charge in [0.2, 0.25) is 0 Å². The van der Waals surface area contributed by atoms with Crippen molar-refractivity contribution in [3.05, 3.63) is 145 Å². The van der Waals surface area contributed by atoms with Gasteiger partial charge in [0.25, 0.3) is 0 Å². The Morgan fingerprint density at radius 2 is 0.804 bits per heavy atom. The summed E-state index contributed by atoms with van der Waals surface area (Å²) in [6.45, 7) is 28.1. The van der Waals surface area contributed by atoms with Crippen LogP contribution in [0.25, 0.3) is 65.4 Å². The Balaban J connectivity index is 0.000000370. The first kappa shape index (κ1) is 48.3. The zero-order valence-electron chi connectivity index (χ0n) is 36.9. The second kappa shape index (κ2) is 27.0. The minimum Gasteiger partial charge on any atom is -0.344 e. The van der Waals surface area contributed by atoms with Crippen molar-refractivity contribution in [3.8, 4) is 0 Å². The Morgan fingerprint density at radius 1 is 0.375 bits per heavy atom. The van der Waals surface area contributed by atoms with Crippen LogP contribution in [-0.4, -0.2) is 24.5 Å². The van der Waals surface area contributed by atoms with Crippen LogP contribution in [0.1, 0.15) is 94.2 Å². The number of rotatable bonds is 0. The molecule has 5 nitrogen and oxygen atoms in total. The number of benzene rings is 4. The third-order valence-corrected chi connectivity index (χ3v) is 8.08. The van der Waals surface area contributed by atoms with Gasteiger partial charge in [0.1, 0.15) is 0 Å². The van der Waals surface area contributed by atoms with E-state index in [4.69, 9.17) is 0 Å². The van der Waals surface area contributed by atoms with Crippen molar-refractivity contribution < 1.29 is 0 Å². The lowest BCUT2D eigenvalue weighted by Gasteiger charge is -2.03. The summed E-state index contributed by atoms with van der Waals surface area (Å²) in [4.78, 5) is 17.6. The second-order valence-corrected chi connectivity index (χ2v) is 11.0. The summed E-state index contributed by atoms with van der Waals surface area (Å²) in [6, 6.07) is 37.6. The molecule has 0 saturated heterocycles. The minimum absolute atomic E-state index is 0.981. The first-order valence-corrected chi connectivity index (χ1v) is 20.7. The molecule has 0 amide bonds. The summed E-state index contributed by atoms with van der Waals surface area (Å²) in [7, 11) is 2.12. The van der Waals surface area contributed by atoms with Crippen LogP contribution in [0, 0.1) is 13.8 Å². The number of aromatic nitrogens is 5. The highest BCUT2D eigenvalue weighted by molar-refractivity contribution is 6.08. The van der Waals surface area contributed by atoms with E-state index in [1.807, 2.05) is 126 Å². The molecule has 0 aliphatic carbocycles. The lowest BCUT2D eigenvalue weighted by molar-refractivity contribution is 1.01. The average Bonchev–Trinajstić information content (AvgIpc) is 3.59. The third-order valence-electron chi connectivity index (χ3n) is 8.08. The second-order valence-electron chi connectivity index (χ2n) is 11.0. The minimum atomic E-state index is 0.981. The normalized spacial score (nSPS) is 9.34. The van der Waals surface area contributed by atoms with Crippen molar-refractivity contribution in [2.45, 2.75) is 96.9 Å². The fourth-order valence-electron chi connectivity index (χ4n) is 5.86. The van der Waals surface area contributed by atoms with Crippen LogP contribution in [0.15, 0.2) is 134 Å². The largest absolute Gasteiger partial charge is 0.344 e. The monoisotopic (exact) mass is 750 g/mol. The molecular formula is C51H67N5. The Bertz CT molecular complexity index is 2390. The van der Waals surface area contributed by atoms with Crippen molar-refractivity contribution in [1.29, 1.82) is 0 Å². The molecule has 5 heterocycles. The fraction of sp³-hybridized carbons (Fsp3) is 0.294.